The van der Waals surface area contributed by atoms with E-state index in [0.29, 0.717) is 36.3 Å². The van der Waals surface area contributed by atoms with E-state index in [1.54, 1.807) is 14.2 Å². The molecule has 2 atom stereocenters. The third kappa shape index (κ3) is 3.49. The van der Waals surface area contributed by atoms with E-state index in [-0.39, 0.29) is 18.1 Å². The van der Waals surface area contributed by atoms with Gasteiger partial charge in [0.25, 0.3) is 0 Å². The van der Waals surface area contributed by atoms with E-state index in [4.69, 9.17) is 23.9 Å². The molecule has 0 spiro atoms. The van der Waals surface area contributed by atoms with E-state index >= 15 is 0 Å². The van der Waals surface area contributed by atoms with E-state index in [0.717, 1.165) is 29.6 Å². The third-order valence-electron chi connectivity index (χ3n) is 4.98. The Hall–Kier alpha value is -2.61. The summed E-state index contributed by atoms with van der Waals surface area (Å²) in [7, 11) is 4.57. The number of esters is 1. The maximum atomic E-state index is 11.7. The number of rotatable bonds is 6. The molecule has 2 fully saturated rings. The lowest BCUT2D eigenvalue weighted by Crippen LogP contribution is -2.31. The van der Waals surface area contributed by atoms with E-state index in [1.165, 1.54) is 7.11 Å². The average molecular weight is 373 g/mol. The fraction of sp³-hybridized carbons (Fsp3) is 0.526. The number of methoxy groups -OCH3 is 3. The molecule has 8 heteroatoms. The molecule has 144 valence electrons. The highest BCUT2D eigenvalue weighted by molar-refractivity contribution is 5.87. The van der Waals surface area contributed by atoms with E-state index < -0.39 is 0 Å². The predicted molar refractivity (Wildman–Crippen MR) is 97.5 cm³/mol. The predicted octanol–water partition coefficient (Wildman–Crippen LogP) is 1.81. The monoisotopic (exact) mass is 373 g/mol. The minimum atomic E-state index is -0.356. The highest BCUT2D eigenvalue weighted by Gasteiger charge is 2.33. The summed E-state index contributed by atoms with van der Waals surface area (Å²) in [5.74, 6) is 2.62. The van der Waals surface area contributed by atoms with Gasteiger partial charge in [0.15, 0.2) is 11.5 Å². The van der Waals surface area contributed by atoms with Crippen molar-refractivity contribution >= 4 is 16.9 Å². The minimum absolute atomic E-state index is 0.174. The van der Waals surface area contributed by atoms with Gasteiger partial charge in [-0.3, -0.25) is 4.79 Å². The number of benzene rings is 1. The fourth-order valence-corrected chi connectivity index (χ4v) is 3.33. The number of fused-ring (bicyclic) bond motifs is 1. The maximum absolute atomic E-state index is 11.7. The van der Waals surface area contributed by atoms with Gasteiger partial charge < -0.3 is 24.3 Å². The van der Waals surface area contributed by atoms with Crippen LogP contribution in [-0.2, 0) is 9.53 Å². The molecule has 0 amide bonds. The van der Waals surface area contributed by atoms with Crippen molar-refractivity contribution in [2.75, 3.05) is 27.9 Å². The Morgan fingerprint density at radius 1 is 1.11 bits per heavy atom. The molecule has 1 saturated carbocycles. The molecule has 1 saturated heterocycles. The van der Waals surface area contributed by atoms with Gasteiger partial charge in [0.2, 0.25) is 5.88 Å². The number of aromatic nitrogens is 2. The maximum Gasteiger partial charge on any atom is 0.323 e. The second-order valence-electron chi connectivity index (χ2n) is 6.85. The first-order valence-corrected chi connectivity index (χ1v) is 9.04. The second-order valence-corrected chi connectivity index (χ2v) is 6.85. The summed E-state index contributed by atoms with van der Waals surface area (Å²) < 4.78 is 21.8. The molecule has 2 heterocycles. The van der Waals surface area contributed by atoms with E-state index in [2.05, 4.69) is 10.3 Å². The Morgan fingerprint density at radius 2 is 1.85 bits per heavy atom. The van der Waals surface area contributed by atoms with Gasteiger partial charge in [-0.1, -0.05) is 0 Å². The molecule has 1 N–H and O–H groups in total. The van der Waals surface area contributed by atoms with Crippen molar-refractivity contribution in [3.8, 4) is 17.4 Å². The summed E-state index contributed by atoms with van der Waals surface area (Å²) in [6.45, 7) is 0.553. The summed E-state index contributed by atoms with van der Waals surface area (Å²) in [6, 6.07) is 3.32. The fourth-order valence-electron chi connectivity index (χ4n) is 3.33. The highest BCUT2D eigenvalue weighted by Crippen LogP contribution is 2.41. The van der Waals surface area contributed by atoms with Crippen molar-refractivity contribution in [2.24, 2.45) is 0 Å². The lowest BCUT2D eigenvalue weighted by atomic mass is 10.2. The molecule has 1 aromatic heterocycles. The topological polar surface area (TPSA) is 91.8 Å². The molecule has 0 radical (unpaired) electrons. The zero-order valence-corrected chi connectivity index (χ0v) is 15.7. The van der Waals surface area contributed by atoms with Crippen LogP contribution >= 0.6 is 0 Å². The van der Waals surface area contributed by atoms with Crippen molar-refractivity contribution in [2.45, 2.75) is 37.3 Å². The first-order valence-electron chi connectivity index (χ1n) is 9.04. The first kappa shape index (κ1) is 17.8. The van der Waals surface area contributed by atoms with Crippen LogP contribution in [0.15, 0.2) is 12.1 Å². The SMILES string of the molecule is COC(=O)C1CC(Oc2nc(C3CC3)nc3cc(OC)c(OC)cc23)CN1. The Kier molecular flexibility index (Phi) is 4.73. The van der Waals surface area contributed by atoms with Crippen LogP contribution < -0.4 is 19.5 Å². The van der Waals surface area contributed by atoms with Crippen LogP contribution in [0.3, 0.4) is 0 Å². The molecular weight excluding hydrogens is 350 g/mol. The van der Waals surface area contributed by atoms with E-state index in [1.807, 2.05) is 12.1 Å². The van der Waals surface area contributed by atoms with Gasteiger partial charge in [0.05, 0.1) is 32.2 Å². The standard InChI is InChI=1S/C19H23N3O5/c1-24-15-7-12-13(8-16(15)25-2)21-17(10-4-5-10)22-18(12)27-11-6-14(20-9-11)19(23)26-3/h7-8,10-11,14,20H,4-6,9H2,1-3H3. The Bertz CT molecular complexity index is 868. The molecule has 1 aliphatic heterocycles. The molecule has 2 unspecified atom stereocenters. The molecule has 4 rings (SSSR count). The number of hydrogen-bond donors (Lipinski definition) is 1. The average Bonchev–Trinajstić information content (AvgIpc) is 3.45. The second kappa shape index (κ2) is 7.19. The summed E-state index contributed by atoms with van der Waals surface area (Å²) in [5, 5.41) is 3.89. The molecule has 8 nitrogen and oxygen atoms in total. The van der Waals surface area contributed by atoms with Crippen LogP contribution in [0, 0.1) is 0 Å². The molecule has 2 aliphatic rings. The molecule has 1 aromatic carbocycles. The molecule has 2 aromatic rings. The number of carbonyl (C=O) groups is 1. The molecule has 1 aliphatic carbocycles. The summed E-state index contributed by atoms with van der Waals surface area (Å²) >= 11 is 0. The number of ether oxygens (including phenoxy) is 4. The minimum Gasteiger partial charge on any atom is -0.493 e. The van der Waals surface area contributed by atoms with Crippen LogP contribution in [-0.4, -0.2) is 56.0 Å². The van der Waals surface area contributed by atoms with Gasteiger partial charge in [0, 0.05) is 24.9 Å². The van der Waals surface area contributed by atoms with Gasteiger partial charge in [-0.15, -0.1) is 0 Å². The number of nitrogens with one attached hydrogen (secondary N) is 1. The number of nitrogens with zero attached hydrogens (tertiary/aromatic N) is 2. The van der Waals surface area contributed by atoms with Crippen molar-refractivity contribution < 1.29 is 23.7 Å². The zero-order chi connectivity index (χ0) is 19.0. The summed E-state index contributed by atoms with van der Waals surface area (Å²) in [6.07, 6.45) is 2.54. The van der Waals surface area contributed by atoms with Crippen molar-refractivity contribution in [3.05, 3.63) is 18.0 Å². The Morgan fingerprint density at radius 3 is 2.52 bits per heavy atom. The van der Waals surface area contributed by atoms with Crippen LogP contribution in [0.5, 0.6) is 17.4 Å². The van der Waals surface area contributed by atoms with Crippen LogP contribution in [0.2, 0.25) is 0 Å². The van der Waals surface area contributed by atoms with Gasteiger partial charge in [0.1, 0.15) is 18.0 Å². The third-order valence-corrected chi connectivity index (χ3v) is 4.98. The first-order chi connectivity index (χ1) is 13.1. The Balaban J connectivity index is 1.69. The Labute approximate surface area is 157 Å². The van der Waals surface area contributed by atoms with Crippen LogP contribution in [0.4, 0.5) is 0 Å². The molecular formula is C19H23N3O5. The van der Waals surface area contributed by atoms with E-state index in [9.17, 15) is 4.79 Å². The van der Waals surface area contributed by atoms with Crippen molar-refractivity contribution in [3.63, 3.8) is 0 Å². The van der Waals surface area contributed by atoms with Gasteiger partial charge >= 0.3 is 5.97 Å². The summed E-state index contributed by atoms with van der Waals surface area (Å²) in [4.78, 5) is 21.1. The quantitative estimate of drug-likeness (QED) is 0.767. The van der Waals surface area contributed by atoms with Gasteiger partial charge in [-0.25, -0.2) is 4.98 Å². The van der Waals surface area contributed by atoms with Crippen LogP contribution in [0.25, 0.3) is 10.9 Å². The number of carbonyl (C=O) groups excluding carboxylic acids is 1. The van der Waals surface area contributed by atoms with Crippen molar-refractivity contribution in [1.82, 2.24) is 15.3 Å². The van der Waals surface area contributed by atoms with Crippen LogP contribution in [0.1, 0.15) is 31.0 Å². The zero-order valence-electron chi connectivity index (χ0n) is 15.7. The summed E-state index contributed by atoms with van der Waals surface area (Å²) in [5.41, 5.74) is 0.759. The molecule has 0 bridgehead atoms. The largest absolute Gasteiger partial charge is 0.493 e. The molecule has 27 heavy (non-hydrogen) atoms. The lowest BCUT2D eigenvalue weighted by molar-refractivity contribution is -0.142. The van der Waals surface area contributed by atoms with Gasteiger partial charge in [-0.05, 0) is 18.9 Å². The van der Waals surface area contributed by atoms with Gasteiger partial charge in [-0.2, -0.15) is 4.98 Å². The smallest absolute Gasteiger partial charge is 0.323 e. The highest BCUT2D eigenvalue weighted by atomic mass is 16.5. The lowest BCUT2D eigenvalue weighted by Gasteiger charge is -2.16. The van der Waals surface area contributed by atoms with Crippen molar-refractivity contribution in [1.29, 1.82) is 0 Å². The normalized spacial score (nSPS) is 21.9. The number of hydrogen-bond acceptors (Lipinski definition) is 8.